The maximum absolute atomic E-state index is 5.86. The third-order valence-electron chi connectivity index (χ3n) is 5.22. The molecule has 1 aliphatic rings. The Morgan fingerprint density at radius 3 is 2.37 bits per heavy atom. The van der Waals surface area contributed by atoms with Crippen LogP contribution in [0.15, 0.2) is 59.6 Å². The van der Waals surface area contributed by atoms with Crippen LogP contribution in [0.25, 0.3) is 0 Å². The predicted octanol–water partition coefficient (Wildman–Crippen LogP) is 4.17. The van der Waals surface area contributed by atoms with Crippen LogP contribution in [0.2, 0.25) is 0 Å². The number of likely N-dealkylation sites (tertiary alicyclic amines) is 1. The zero-order valence-electron chi connectivity index (χ0n) is 18.0. The molecule has 5 nitrogen and oxygen atoms in total. The van der Waals surface area contributed by atoms with Gasteiger partial charge in [-0.05, 0) is 42.6 Å². The van der Waals surface area contributed by atoms with Crippen LogP contribution in [0.1, 0.15) is 36.0 Å². The lowest BCUT2D eigenvalue weighted by atomic mass is 10.1. The van der Waals surface area contributed by atoms with Crippen molar-refractivity contribution in [3.63, 3.8) is 0 Å². The van der Waals surface area contributed by atoms with Crippen LogP contribution in [-0.4, -0.2) is 44.1 Å². The van der Waals surface area contributed by atoms with E-state index in [4.69, 9.17) is 4.74 Å². The monoisotopic (exact) mass is 522 g/mol. The lowest BCUT2D eigenvalue weighted by Crippen LogP contribution is -2.42. The predicted molar refractivity (Wildman–Crippen MR) is 135 cm³/mol. The second-order valence-corrected chi connectivity index (χ2v) is 7.55. The SMILES string of the molecule is CN=C(NCCN1CCCCC1)NCc1cccc(COCc2ccccc2)c1.I. The third-order valence-corrected chi connectivity index (χ3v) is 5.22. The van der Waals surface area contributed by atoms with Crippen LogP contribution in [0, 0.1) is 0 Å². The summed E-state index contributed by atoms with van der Waals surface area (Å²) in [6, 6.07) is 18.8. The van der Waals surface area contributed by atoms with Gasteiger partial charge >= 0.3 is 0 Å². The number of guanidine groups is 1. The summed E-state index contributed by atoms with van der Waals surface area (Å²) in [6.45, 7) is 6.46. The van der Waals surface area contributed by atoms with Crippen molar-refractivity contribution in [3.05, 3.63) is 71.3 Å². The number of hydrogen-bond acceptors (Lipinski definition) is 3. The van der Waals surface area contributed by atoms with E-state index in [1.807, 2.05) is 25.2 Å². The van der Waals surface area contributed by atoms with E-state index in [2.05, 4.69) is 56.9 Å². The molecular formula is C24H35IN4O. The molecule has 0 aliphatic carbocycles. The Morgan fingerprint density at radius 2 is 1.60 bits per heavy atom. The molecule has 1 fully saturated rings. The average Bonchev–Trinajstić information content (AvgIpc) is 2.78. The van der Waals surface area contributed by atoms with Crippen molar-refractivity contribution < 1.29 is 4.74 Å². The molecule has 6 heteroatoms. The Bertz CT molecular complexity index is 748. The molecule has 0 unspecified atom stereocenters. The van der Waals surface area contributed by atoms with Crippen molar-refractivity contribution in [3.8, 4) is 0 Å². The first-order chi connectivity index (χ1) is 14.3. The maximum Gasteiger partial charge on any atom is 0.191 e. The van der Waals surface area contributed by atoms with E-state index in [9.17, 15) is 0 Å². The molecule has 1 heterocycles. The number of benzene rings is 2. The van der Waals surface area contributed by atoms with Crippen molar-refractivity contribution in [1.29, 1.82) is 0 Å². The molecule has 30 heavy (non-hydrogen) atoms. The quantitative estimate of drug-likeness (QED) is 0.295. The fraction of sp³-hybridized carbons (Fsp3) is 0.458. The average molecular weight is 522 g/mol. The molecule has 2 aromatic carbocycles. The van der Waals surface area contributed by atoms with Gasteiger partial charge in [0.2, 0.25) is 0 Å². The van der Waals surface area contributed by atoms with Gasteiger partial charge in [-0.2, -0.15) is 0 Å². The van der Waals surface area contributed by atoms with Crippen molar-refractivity contribution in [2.45, 2.75) is 39.0 Å². The van der Waals surface area contributed by atoms with E-state index in [1.165, 1.54) is 49.0 Å². The van der Waals surface area contributed by atoms with Gasteiger partial charge in [0.05, 0.1) is 13.2 Å². The molecule has 1 aliphatic heterocycles. The van der Waals surface area contributed by atoms with Gasteiger partial charge in [0.1, 0.15) is 0 Å². The summed E-state index contributed by atoms with van der Waals surface area (Å²) < 4.78 is 5.86. The number of nitrogens with one attached hydrogen (secondary N) is 2. The van der Waals surface area contributed by atoms with Gasteiger partial charge in [-0.3, -0.25) is 4.99 Å². The minimum absolute atomic E-state index is 0. The molecule has 0 spiro atoms. The van der Waals surface area contributed by atoms with Gasteiger partial charge in [-0.15, -0.1) is 24.0 Å². The molecular weight excluding hydrogens is 487 g/mol. The summed E-state index contributed by atoms with van der Waals surface area (Å²) in [7, 11) is 1.82. The fourth-order valence-electron chi connectivity index (χ4n) is 3.61. The standard InChI is InChI=1S/C24H34N4O.HI/c1-25-24(26-13-16-28-14-6-3-7-15-28)27-18-22-11-8-12-23(17-22)20-29-19-21-9-4-2-5-10-21;/h2,4-5,8-12,17H,3,6-7,13-16,18-20H2,1H3,(H2,25,26,27);1H. The largest absolute Gasteiger partial charge is 0.372 e. The molecule has 164 valence electrons. The smallest absolute Gasteiger partial charge is 0.191 e. The summed E-state index contributed by atoms with van der Waals surface area (Å²) in [6.07, 6.45) is 4.04. The molecule has 2 aromatic rings. The van der Waals surface area contributed by atoms with Gasteiger partial charge in [0.15, 0.2) is 5.96 Å². The van der Waals surface area contributed by atoms with Crippen molar-refractivity contribution in [2.24, 2.45) is 4.99 Å². The Labute approximate surface area is 198 Å². The second kappa shape index (κ2) is 14.4. The maximum atomic E-state index is 5.86. The molecule has 0 radical (unpaired) electrons. The number of ether oxygens (including phenoxy) is 1. The minimum Gasteiger partial charge on any atom is -0.372 e. The number of halogens is 1. The Morgan fingerprint density at radius 1 is 0.900 bits per heavy atom. The zero-order chi connectivity index (χ0) is 20.2. The summed E-state index contributed by atoms with van der Waals surface area (Å²) in [5, 5.41) is 6.84. The first kappa shape index (κ1) is 24.6. The number of aliphatic imine (C=N–C) groups is 1. The van der Waals surface area contributed by atoms with Crippen LogP contribution in [0.5, 0.6) is 0 Å². The summed E-state index contributed by atoms with van der Waals surface area (Å²) >= 11 is 0. The fourth-order valence-corrected chi connectivity index (χ4v) is 3.61. The van der Waals surface area contributed by atoms with Gasteiger partial charge in [-0.1, -0.05) is 61.0 Å². The van der Waals surface area contributed by atoms with Gasteiger partial charge in [0.25, 0.3) is 0 Å². The summed E-state index contributed by atoms with van der Waals surface area (Å²) in [5.41, 5.74) is 3.61. The third kappa shape index (κ3) is 9.02. The molecule has 0 atom stereocenters. The Kier molecular flexibility index (Phi) is 11.8. The van der Waals surface area contributed by atoms with Crippen LogP contribution >= 0.6 is 24.0 Å². The van der Waals surface area contributed by atoms with Gasteiger partial charge in [-0.25, -0.2) is 0 Å². The number of hydrogen-bond donors (Lipinski definition) is 2. The van der Waals surface area contributed by atoms with Crippen LogP contribution < -0.4 is 10.6 Å². The van der Waals surface area contributed by atoms with Crippen molar-refractivity contribution in [1.82, 2.24) is 15.5 Å². The highest BCUT2D eigenvalue weighted by atomic mass is 127. The molecule has 2 N–H and O–H groups in total. The lowest BCUT2D eigenvalue weighted by Gasteiger charge is -2.26. The first-order valence-corrected chi connectivity index (χ1v) is 10.7. The Hall–Kier alpha value is -1.64. The second-order valence-electron chi connectivity index (χ2n) is 7.55. The van der Waals surface area contributed by atoms with E-state index >= 15 is 0 Å². The molecule has 0 amide bonds. The van der Waals surface area contributed by atoms with E-state index < -0.39 is 0 Å². The van der Waals surface area contributed by atoms with Gasteiger partial charge < -0.3 is 20.3 Å². The van der Waals surface area contributed by atoms with Crippen LogP contribution in [-0.2, 0) is 24.5 Å². The number of rotatable bonds is 9. The van der Waals surface area contributed by atoms with E-state index in [1.54, 1.807) is 0 Å². The molecule has 0 aromatic heterocycles. The molecule has 3 rings (SSSR count). The minimum atomic E-state index is 0. The molecule has 0 saturated carbocycles. The first-order valence-electron chi connectivity index (χ1n) is 10.7. The normalized spacial score (nSPS) is 14.8. The highest BCUT2D eigenvalue weighted by Gasteiger charge is 2.09. The van der Waals surface area contributed by atoms with Gasteiger partial charge in [0, 0.05) is 26.7 Å². The topological polar surface area (TPSA) is 48.9 Å². The summed E-state index contributed by atoms with van der Waals surface area (Å²) in [5.74, 6) is 0.854. The zero-order valence-corrected chi connectivity index (χ0v) is 20.3. The number of nitrogens with zero attached hydrogens (tertiary/aromatic N) is 2. The van der Waals surface area contributed by atoms with Crippen LogP contribution in [0.4, 0.5) is 0 Å². The molecule has 0 bridgehead atoms. The number of piperidine rings is 1. The molecule has 1 saturated heterocycles. The Balaban J connectivity index is 0.00000320. The van der Waals surface area contributed by atoms with Crippen molar-refractivity contribution in [2.75, 3.05) is 33.2 Å². The van der Waals surface area contributed by atoms with E-state index in [0.717, 1.165) is 25.6 Å². The highest BCUT2D eigenvalue weighted by Crippen LogP contribution is 2.09. The van der Waals surface area contributed by atoms with E-state index in [-0.39, 0.29) is 24.0 Å². The van der Waals surface area contributed by atoms with Crippen molar-refractivity contribution >= 4 is 29.9 Å². The van der Waals surface area contributed by atoms with Crippen LogP contribution in [0.3, 0.4) is 0 Å². The summed E-state index contributed by atoms with van der Waals surface area (Å²) in [4.78, 5) is 6.87. The lowest BCUT2D eigenvalue weighted by molar-refractivity contribution is 0.107. The van der Waals surface area contributed by atoms with E-state index in [0.29, 0.717) is 13.2 Å². The highest BCUT2D eigenvalue weighted by molar-refractivity contribution is 14.0.